The normalized spacial score (nSPS) is 13.3. The van der Waals surface area contributed by atoms with E-state index in [0.29, 0.717) is 0 Å². The van der Waals surface area contributed by atoms with Gasteiger partial charge in [-0.25, -0.2) is 0 Å². The molecule has 0 saturated heterocycles. The maximum Gasteiger partial charge on any atom is -0.0247 e. The molecule has 0 saturated carbocycles. The van der Waals surface area contributed by atoms with Crippen LogP contribution in [0, 0.1) is 0 Å². The molecular formula is C12H20. The average molecular weight is 164 g/mol. The lowest BCUT2D eigenvalue weighted by molar-refractivity contribution is 1.06. The summed E-state index contributed by atoms with van der Waals surface area (Å²) in [7, 11) is 0. The van der Waals surface area contributed by atoms with Gasteiger partial charge in [0.25, 0.3) is 0 Å². The molecule has 68 valence electrons. The molecule has 0 aliphatic rings. The molecule has 0 heterocycles. The monoisotopic (exact) mass is 164 g/mol. The molecule has 0 aliphatic carbocycles. The van der Waals surface area contributed by atoms with Gasteiger partial charge in [0.05, 0.1) is 0 Å². The second-order valence-electron chi connectivity index (χ2n) is 2.97. The van der Waals surface area contributed by atoms with E-state index in [-0.39, 0.29) is 0 Å². The summed E-state index contributed by atoms with van der Waals surface area (Å²) < 4.78 is 0. The number of rotatable bonds is 4. The quantitative estimate of drug-likeness (QED) is 0.545. The number of hydrogen-bond donors (Lipinski definition) is 0. The topological polar surface area (TPSA) is 0 Å². The van der Waals surface area contributed by atoms with Crippen LogP contribution in [0.15, 0.2) is 35.5 Å². The Balaban J connectivity index is 4.70. The zero-order chi connectivity index (χ0) is 9.56. The van der Waals surface area contributed by atoms with Crippen molar-refractivity contribution in [3.05, 3.63) is 35.5 Å². The SMILES string of the molecule is C=C(C)C(=C\C)/C(=C/CC)CC. The van der Waals surface area contributed by atoms with Crippen LogP contribution < -0.4 is 0 Å². The highest BCUT2D eigenvalue weighted by Gasteiger charge is 2.01. The third kappa shape index (κ3) is 3.08. The fourth-order valence-electron chi connectivity index (χ4n) is 1.40. The van der Waals surface area contributed by atoms with Gasteiger partial charge in [-0.2, -0.15) is 0 Å². The minimum Gasteiger partial charge on any atom is -0.0955 e. The van der Waals surface area contributed by atoms with Crippen LogP contribution in [0.1, 0.15) is 40.5 Å². The van der Waals surface area contributed by atoms with Crippen molar-refractivity contribution in [2.45, 2.75) is 40.5 Å². The van der Waals surface area contributed by atoms with Gasteiger partial charge < -0.3 is 0 Å². The van der Waals surface area contributed by atoms with Crippen LogP contribution in [-0.2, 0) is 0 Å². The molecule has 0 aromatic rings. The highest BCUT2D eigenvalue weighted by molar-refractivity contribution is 5.43. The van der Waals surface area contributed by atoms with Gasteiger partial charge in [-0.1, -0.05) is 38.2 Å². The van der Waals surface area contributed by atoms with Gasteiger partial charge >= 0.3 is 0 Å². The summed E-state index contributed by atoms with van der Waals surface area (Å²) in [5, 5.41) is 0. The van der Waals surface area contributed by atoms with Crippen molar-refractivity contribution >= 4 is 0 Å². The van der Waals surface area contributed by atoms with Gasteiger partial charge in [0.2, 0.25) is 0 Å². The molecule has 0 bridgehead atoms. The smallest absolute Gasteiger partial charge is 0.0247 e. The number of hydrogen-bond acceptors (Lipinski definition) is 0. The highest BCUT2D eigenvalue weighted by Crippen LogP contribution is 2.20. The summed E-state index contributed by atoms with van der Waals surface area (Å²) in [6.45, 7) is 12.5. The van der Waals surface area contributed by atoms with Crippen LogP contribution in [0.25, 0.3) is 0 Å². The number of allylic oxidation sites excluding steroid dienone is 5. The Labute approximate surface area is 76.7 Å². The summed E-state index contributed by atoms with van der Waals surface area (Å²) >= 11 is 0. The molecule has 0 rings (SSSR count). The van der Waals surface area contributed by atoms with Crippen molar-refractivity contribution in [3.8, 4) is 0 Å². The van der Waals surface area contributed by atoms with E-state index in [1.54, 1.807) is 0 Å². The first kappa shape index (κ1) is 11.2. The molecule has 0 N–H and O–H groups in total. The van der Waals surface area contributed by atoms with Gasteiger partial charge in [0.1, 0.15) is 0 Å². The fraction of sp³-hybridized carbons (Fsp3) is 0.500. The summed E-state index contributed by atoms with van der Waals surface area (Å²) in [4.78, 5) is 0. The second-order valence-corrected chi connectivity index (χ2v) is 2.97. The van der Waals surface area contributed by atoms with E-state index in [0.717, 1.165) is 12.8 Å². The predicted octanol–water partition coefficient (Wildman–Crippen LogP) is 4.26. The van der Waals surface area contributed by atoms with Crippen molar-refractivity contribution in [1.82, 2.24) is 0 Å². The summed E-state index contributed by atoms with van der Waals surface area (Å²) in [6.07, 6.45) is 6.63. The van der Waals surface area contributed by atoms with Crippen molar-refractivity contribution in [2.24, 2.45) is 0 Å². The molecule has 0 aromatic carbocycles. The van der Waals surface area contributed by atoms with Gasteiger partial charge in [-0.05, 0) is 37.8 Å². The summed E-state index contributed by atoms with van der Waals surface area (Å²) in [6, 6.07) is 0. The molecule has 0 heteroatoms. The first-order chi connectivity index (χ1) is 5.67. The molecule has 0 atom stereocenters. The van der Waals surface area contributed by atoms with E-state index in [4.69, 9.17) is 0 Å². The van der Waals surface area contributed by atoms with E-state index in [1.165, 1.54) is 16.7 Å². The molecule has 0 aromatic heterocycles. The van der Waals surface area contributed by atoms with Crippen molar-refractivity contribution in [1.29, 1.82) is 0 Å². The van der Waals surface area contributed by atoms with Crippen molar-refractivity contribution in [3.63, 3.8) is 0 Å². The minimum atomic E-state index is 1.10. The Hall–Kier alpha value is -0.780. The van der Waals surface area contributed by atoms with Crippen LogP contribution in [0.4, 0.5) is 0 Å². The van der Waals surface area contributed by atoms with E-state index in [9.17, 15) is 0 Å². The van der Waals surface area contributed by atoms with E-state index in [1.807, 2.05) is 0 Å². The molecule has 12 heavy (non-hydrogen) atoms. The summed E-state index contributed by atoms with van der Waals surface area (Å²) in [5.74, 6) is 0. The Bertz CT molecular complexity index is 204. The van der Waals surface area contributed by atoms with Crippen LogP contribution >= 0.6 is 0 Å². The Morgan fingerprint density at radius 1 is 1.33 bits per heavy atom. The molecule has 0 nitrogen and oxygen atoms in total. The zero-order valence-corrected chi connectivity index (χ0v) is 8.78. The Morgan fingerprint density at radius 3 is 2.17 bits per heavy atom. The van der Waals surface area contributed by atoms with Crippen LogP contribution in [0.2, 0.25) is 0 Å². The molecule has 0 radical (unpaired) electrons. The maximum absolute atomic E-state index is 3.97. The average Bonchev–Trinajstić information content (AvgIpc) is 2.03. The summed E-state index contributed by atoms with van der Waals surface area (Å²) in [5.41, 5.74) is 3.91. The van der Waals surface area contributed by atoms with Gasteiger partial charge in [0.15, 0.2) is 0 Å². The maximum atomic E-state index is 3.97. The standard InChI is InChI=1S/C12H20/c1-6-9-11(7-2)12(8-3)10(4)5/h8-9H,4,6-7H2,1-3,5H3/b11-9+,12-8+. The lowest BCUT2D eigenvalue weighted by Gasteiger charge is -2.09. The van der Waals surface area contributed by atoms with Crippen LogP contribution in [0.3, 0.4) is 0 Å². The molecular weight excluding hydrogens is 144 g/mol. The highest BCUT2D eigenvalue weighted by atomic mass is 14.1. The van der Waals surface area contributed by atoms with Crippen molar-refractivity contribution < 1.29 is 0 Å². The molecule has 0 aliphatic heterocycles. The fourth-order valence-corrected chi connectivity index (χ4v) is 1.40. The minimum absolute atomic E-state index is 1.10. The van der Waals surface area contributed by atoms with Gasteiger partial charge in [-0.3, -0.25) is 0 Å². The zero-order valence-electron chi connectivity index (χ0n) is 8.78. The largest absolute Gasteiger partial charge is 0.0955 e. The molecule has 0 amide bonds. The van der Waals surface area contributed by atoms with Gasteiger partial charge in [0, 0.05) is 0 Å². The molecule has 0 spiro atoms. The van der Waals surface area contributed by atoms with Crippen LogP contribution in [-0.4, -0.2) is 0 Å². The second kappa shape index (κ2) is 5.82. The Morgan fingerprint density at radius 2 is 1.92 bits per heavy atom. The van der Waals surface area contributed by atoms with Gasteiger partial charge in [-0.15, -0.1) is 0 Å². The first-order valence-corrected chi connectivity index (χ1v) is 4.68. The lowest BCUT2D eigenvalue weighted by atomic mass is 9.97. The Kier molecular flexibility index (Phi) is 5.44. The van der Waals surface area contributed by atoms with E-state index < -0.39 is 0 Å². The van der Waals surface area contributed by atoms with E-state index in [2.05, 4.69) is 46.4 Å². The molecule has 0 fully saturated rings. The molecule has 0 unspecified atom stereocenters. The first-order valence-electron chi connectivity index (χ1n) is 4.68. The van der Waals surface area contributed by atoms with Crippen molar-refractivity contribution in [2.75, 3.05) is 0 Å². The third-order valence-electron chi connectivity index (χ3n) is 1.93. The predicted molar refractivity (Wildman–Crippen MR) is 57.2 cm³/mol. The van der Waals surface area contributed by atoms with E-state index >= 15 is 0 Å². The van der Waals surface area contributed by atoms with Crippen LogP contribution in [0.5, 0.6) is 0 Å². The third-order valence-corrected chi connectivity index (χ3v) is 1.93. The lowest BCUT2D eigenvalue weighted by Crippen LogP contribution is -1.89.